The Morgan fingerprint density at radius 3 is 2.38 bits per heavy atom. The first-order valence-electron chi connectivity index (χ1n) is 10.6. The zero-order chi connectivity index (χ0) is 21.2. The summed E-state index contributed by atoms with van der Waals surface area (Å²) in [5, 5.41) is 0. The maximum Gasteiger partial charge on any atom is 0.340 e. The normalized spacial score (nSPS) is 21.8. The number of sulfone groups is 1. The summed E-state index contributed by atoms with van der Waals surface area (Å²) in [4.78, 5) is 27.3. The fourth-order valence-corrected chi connectivity index (χ4v) is 6.54. The molecule has 0 radical (unpaired) electrons. The number of rotatable bonds is 6. The van der Waals surface area contributed by atoms with Crippen molar-refractivity contribution in [1.29, 1.82) is 0 Å². The van der Waals surface area contributed by atoms with Gasteiger partial charge in [-0.2, -0.15) is 0 Å². The topological polar surface area (TPSA) is 85.7 Å². The summed E-state index contributed by atoms with van der Waals surface area (Å²) in [5.74, 6) is -0.650. The largest absolute Gasteiger partial charge is 0.452 e. The van der Waals surface area contributed by atoms with Gasteiger partial charge in [0, 0.05) is 30.0 Å². The van der Waals surface area contributed by atoms with Crippen molar-refractivity contribution < 1.29 is 22.7 Å². The minimum Gasteiger partial charge on any atom is -0.452 e. The zero-order valence-electron chi connectivity index (χ0n) is 17.6. The fourth-order valence-electron chi connectivity index (χ4n) is 4.83. The number of ether oxygens (including phenoxy) is 1. The van der Waals surface area contributed by atoms with Crippen molar-refractivity contribution in [2.45, 2.75) is 77.9 Å². The Morgan fingerprint density at radius 2 is 1.83 bits per heavy atom. The number of aryl methyl sites for hydroxylation is 1. The van der Waals surface area contributed by atoms with Crippen molar-refractivity contribution in [3.8, 4) is 0 Å². The van der Waals surface area contributed by atoms with Crippen LogP contribution in [0.4, 0.5) is 0 Å². The standard InChI is InChI=1S/C21H32N2O5S/c1-4-22-15(2)12-19(16(22)3)21(25)28-13-20(24)23(17-8-6-5-7-9-17)18-10-11-29(26,27)14-18/h12,17-18H,4-11,13-14H2,1-3H3/t18-/m1/s1. The van der Waals surface area contributed by atoms with Crippen LogP contribution in [0.5, 0.6) is 0 Å². The van der Waals surface area contributed by atoms with E-state index in [1.54, 1.807) is 11.0 Å². The van der Waals surface area contributed by atoms with Crippen molar-refractivity contribution in [2.75, 3.05) is 18.1 Å². The van der Waals surface area contributed by atoms with Crippen LogP contribution in [-0.4, -0.2) is 60.0 Å². The third-order valence-electron chi connectivity index (χ3n) is 6.29. The van der Waals surface area contributed by atoms with E-state index in [2.05, 4.69) is 0 Å². The lowest BCUT2D eigenvalue weighted by Crippen LogP contribution is -2.50. The molecule has 7 nitrogen and oxygen atoms in total. The van der Waals surface area contributed by atoms with E-state index in [-0.39, 0.29) is 36.1 Å². The van der Waals surface area contributed by atoms with Gasteiger partial charge in [-0.05, 0) is 46.1 Å². The van der Waals surface area contributed by atoms with E-state index in [1.807, 2.05) is 25.3 Å². The van der Waals surface area contributed by atoms with Crippen LogP contribution in [0.25, 0.3) is 0 Å². The molecule has 8 heteroatoms. The average molecular weight is 425 g/mol. The summed E-state index contributed by atoms with van der Waals surface area (Å²) >= 11 is 0. The summed E-state index contributed by atoms with van der Waals surface area (Å²) in [6.45, 7) is 6.23. The van der Waals surface area contributed by atoms with Gasteiger partial charge < -0.3 is 14.2 Å². The molecule has 1 aliphatic carbocycles. The first kappa shape index (κ1) is 21.9. The highest BCUT2D eigenvalue weighted by Crippen LogP contribution is 2.28. The van der Waals surface area contributed by atoms with Crippen molar-refractivity contribution >= 4 is 21.7 Å². The molecule has 0 aromatic carbocycles. The predicted octanol–water partition coefficient (Wildman–Crippen LogP) is 2.63. The molecule has 29 heavy (non-hydrogen) atoms. The van der Waals surface area contributed by atoms with Crippen LogP contribution in [0.3, 0.4) is 0 Å². The molecule has 2 fully saturated rings. The number of carbonyl (C=O) groups is 2. The van der Waals surface area contributed by atoms with E-state index in [4.69, 9.17) is 4.74 Å². The Hall–Kier alpha value is -1.83. The van der Waals surface area contributed by atoms with E-state index in [1.165, 1.54) is 0 Å². The summed E-state index contributed by atoms with van der Waals surface area (Å²) < 4.78 is 31.4. The van der Waals surface area contributed by atoms with Crippen molar-refractivity contribution in [1.82, 2.24) is 9.47 Å². The molecule has 1 saturated carbocycles. The first-order valence-corrected chi connectivity index (χ1v) is 12.4. The number of hydrogen-bond donors (Lipinski definition) is 0. The van der Waals surface area contributed by atoms with Gasteiger partial charge in [0.2, 0.25) is 0 Å². The van der Waals surface area contributed by atoms with Crippen LogP contribution >= 0.6 is 0 Å². The molecule has 1 aliphatic heterocycles. The molecular formula is C21H32N2O5S. The Balaban J connectivity index is 1.70. The second kappa shape index (κ2) is 8.90. The molecule has 1 atom stereocenters. The smallest absolute Gasteiger partial charge is 0.340 e. The van der Waals surface area contributed by atoms with E-state index in [0.29, 0.717) is 12.0 Å². The average Bonchev–Trinajstić information content (AvgIpc) is 3.18. The molecule has 1 saturated heterocycles. The molecule has 3 rings (SSSR count). The SMILES string of the molecule is CCn1c(C)cc(C(=O)OCC(=O)N(C2CCCCC2)[C@@H]2CCS(=O)(=O)C2)c1C. The molecule has 1 aromatic heterocycles. The maximum atomic E-state index is 13.0. The molecule has 2 heterocycles. The Labute approximate surface area is 173 Å². The van der Waals surface area contributed by atoms with Gasteiger partial charge >= 0.3 is 5.97 Å². The van der Waals surface area contributed by atoms with E-state index in [0.717, 1.165) is 50.0 Å². The first-order chi connectivity index (χ1) is 13.7. The molecule has 0 spiro atoms. The summed E-state index contributed by atoms with van der Waals surface area (Å²) in [5.41, 5.74) is 2.28. The lowest BCUT2D eigenvalue weighted by molar-refractivity contribution is -0.140. The van der Waals surface area contributed by atoms with Crippen LogP contribution in [0.2, 0.25) is 0 Å². The molecular weight excluding hydrogens is 392 g/mol. The van der Waals surface area contributed by atoms with Gasteiger partial charge in [-0.15, -0.1) is 0 Å². The molecule has 0 N–H and O–H groups in total. The Bertz CT molecular complexity index is 868. The number of nitrogens with zero attached hydrogens (tertiary/aromatic N) is 2. The van der Waals surface area contributed by atoms with E-state index in [9.17, 15) is 18.0 Å². The number of carbonyl (C=O) groups excluding carboxylic acids is 2. The second-order valence-electron chi connectivity index (χ2n) is 8.25. The zero-order valence-corrected chi connectivity index (χ0v) is 18.5. The fraction of sp³-hybridized carbons (Fsp3) is 0.714. The van der Waals surface area contributed by atoms with Crippen molar-refractivity contribution in [2.24, 2.45) is 0 Å². The minimum atomic E-state index is -3.10. The molecule has 0 unspecified atom stereocenters. The van der Waals surface area contributed by atoms with Crippen LogP contribution in [0.1, 0.15) is 67.2 Å². The number of esters is 1. The molecule has 162 valence electrons. The Morgan fingerprint density at radius 1 is 1.14 bits per heavy atom. The van der Waals surface area contributed by atoms with Gasteiger partial charge in [-0.1, -0.05) is 19.3 Å². The summed E-state index contributed by atoms with van der Waals surface area (Å²) in [6.07, 6.45) is 5.45. The molecule has 2 aliphatic rings. The van der Waals surface area contributed by atoms with E-state index < -0.39 is 15.8 Å². The van der Waals surface area contributed by atoms with Crippen LogP contribution in [0, 0.1) is 13.8 Å². The van der Waals surface area contributed by atoms with Crippen LogP contribution < -0.4 is 0 Å². The van der Waals surface area contributed by atoms with Gasteiger partial charge in [-0.3, -0.25) is 4.79 Å². The lowest BCUT2D eigenvalue weighted by Gasteiger charge is -2.38. The number of amides is 1. The van der Waals surface area contributed by atoms with Gasteiger partial charge in [0.15, 0.2) is 16.4 Å². The maximum absolute atomic E-state index is 13.0. The highest BCUT2D eigenvalue weighted by Gasteiger charge is 2.38. The van der Waals surface area contributed by atoms with E-state index >= 15 is 0 Å². The Kier molecular flexibility index (Phi) is 6.71. The van der Waals surface area contributed by atoms with Crippen molar-refractivity contribution in [3.05, 3.63) is 23.0 Å². The molecule has 1 amide bonds. The predicted molar refractivity (Wildman–Crippen MR) is 111 cm³/mol. The summed E-state index contributed by atoms with van der Waals surface area (Å²) in [6, 6.07) is 1.52. The third-order valence-corrected chi connectivity index (χ3v) is 8.04. The summed E-state index contributed by atoms with van der Waals surface area (Å²) in [7, 11) is -3.10. The highest BCUT2D eigenvalue weighted by atomic mass is 32.2. The number of aromatic nitrogens is 1. The second-order valence-corrected chi connectivity index (χ2v) is 10.5. The lowest BCUT2D eigenvalue weighted by atomic mass is 9.93. The number of hydrogen-bond acceptors (Lipinski definition) is 5. The monoisotopic (exact) mass is 424 g/mol. The molecule has 0 bridgehead atoms. The highest BCUT2D eigenvalue weighted by molar-refractivity contribution is 7.91. The third kappa shape index (κ3) is 4.85. The minimum absolute atomic E-state index is 0.0147. The van der Waals surface area contributed by atoms with Crippen LogP contribution in [0.15, 0.2) is 6.07 Å². The molecule has 1 aromatic rings. The van der Waals surface area contributed by atoms with Gasteiger partial charge in [0.25, 0.3) is 5.91 Å². The van der Waals surface area contributed by atoms with Gasteiger partial charge in [0.05, 0.1) is 17.1 Å². The van der Waals surface area contributed by atoms with Gasteiger partial charge in [0.1, 0.15) is 0 Å². The van der Waals surface area contributed by atoms with Crippen LogP contribution in [-0.2, 0) is 25.9 Å². The van der Waals surface area contributed by atoms with Crippen molar-refractivity contribution in [3.63, 3.8) is 0 Å². The quantitative estimate of drug-likeness (QED) is 0.656. The van der Waals surface area contributed by atoms with Gasteiger partial charge in [-0.25, -0.2) is 13.2 Å².